The van der Waals surface area contributed by atoms with E-state index >= 15 is 0 Å². The van der Waals surface area contributed by atoms with Crippen LogP contribution in [0.4, 0.5) is 28.8 Å². The number of fused-ring (bicyclic) bond motifs is 1. The maximum absolute atomic E-state index is 12.4. The predicted molar refractivity (Wildman–Crippen MR) is 119 cm³/mol. The Hall–Kier alpha value is -2.87. The summed E-state index contributed by atoms with van der Waals surface area (Å²) in [6.45, 7) is 2.10. The van der Waals surface area contributed by atoms with Crippen molar-refractivity contribution in [3.8, 4) is 0 Å². The zero-order valence-electron chi connectivity index (χ0n) is 17.1. The summed E-state index contributed by atoms with van der Waals surface area (Å²) < 4.78 is 0. The standard InChI is InChI=1S/C21H25ClN6O2/c1-13(29)24-17-8-7-14(11-16(17)22)25-21-23-12-18-20(26-21)28(15-5-3-4-6-15)10-9-19(30)27(18)2/h7-8,11-12,15H,3-6,9-10H2,1-2H3,(H,24,29)(H,23,25,26). The van der Waals surface area contributed by atoms with E-state index in [1.807, 2.05) is 0 Å². The summed E-state index contributed by atoms with van der Waals surface area (Å²) in [6, 6.07) is 5.65. The molecule has 1 aliphatic carbocycles. The average molecular weight is 429 g/mol. The van der Waals surface area contributed by atoms with Gasteiger partial charge in [-0.15, -0.1) is 0 Å². The first-order valence-corrected chi connectivity index (χ1v) is 10.5. The van der Waals surface area contributed by atoms with Crippen LogP contribution in [0.5, 0.6) is 0 Å². The first kappa shape index (κ1) is 20.4. The molecule has 30 heavy (non-hydrogen) atoms. The number of nitrogens with one attached hydrogen (secondary N) is 2. The largest absolute Gasteiger partial charge is 0.351 e. The van der Waals surface area contributed by atoms with Crippen LogP contribution in [-0.2, 0) is 9.59 Å². The number of aromatic nitrogens is 2. The third kappa shape index (κ3) is 4.18. The lowest BCUT2D eigenvalue weighted by Crippen LogP contribution is -2.34. The van der Waals surface area contributed by atoms with Gasteiger partial charge in [-0.3, -0.25) is 9.59 Å². The van der Waals surface area contributed by atoms with E-state index in [1.165, 1.54) is 19.8 Å². The molecule has 8 nitrogen and oxygen atoms in total. The second-order valence-electron chi connectivity index (χ2n) is 7.74. The van der Waals surface area contributed by atoms with Gasteiger partial charge in [0.2, 0.25) is 17.8 Å². The zero-order chi connectivity index (χ0) is 21.3. The molecule has 1 aromatic carbocycles. The molecule has 2 aliphatic rings. The van der Waals surface area contributed by atoms with Crippen molar-refractivity contribution in [1.82, 2.24) is 9.97 Å². The van der Waals surface area contributed by atoms with Gasteiger partial charge in [-0.2, -0.15) is 4.98 Å². The average Bonchev–Trinajstić information content (AvgIpc) is 3.20. The van der Waals surface area contributed by atoms with E-state index in [-0.39, 0.29) is 11.8 Å². The number of carbonyl (C=O) groups excluding carboxylic acids is 2. The maximum Gasteiger partial charge on any atom is 0.229 e. The Kier molecular flexibility index (Phi) is 5.76. The predicted octanol–water partition coefficient (Wildman–Crippen LogP) is 3.95. The van der Waals surface area contributed by atoms with Crippen molar-refractivity contribution in [3.63, 3.8) is 0 Å². The lowest BCUT2D eigenvalue weighted by molar-refractivity contribution is -0.118. The molecule has 0 radical (unpaired) electrons. The van der Waals surface area contributed by atoms with E-state index in [2.05, 4.69) is 20.5 Å². The van der Waals surface area contributed by atoms with Crippen LogP contribution in [0.3, 0.4) is 0 Å². The van der Waals surface area contributed by atoms with Gasteiger partial charge < -0.3 is 20.4 Å². The van der Waals surface area contributed by atoms with Gasteiger partial charge in [0, 0.05) is 38.7 Å². The van der Waals surface area contributed by atoms with E-state index in [0.717, 1.165) is 24.3 Å². The van der Waals surface area contributed by atoms with Crippen molar-refractivity contribution < 1.29 is 9.59 Å². The number of hydrogen-bond acceptors (Lipinski definition) is 6. The molecule has 1 aliphatic heterocycles. The fourth-order valence-corrected chi connectivity index (χ4v) is 4.31. The summed E-state index contributed by atoms with van der Waals surface area (Å²) in [6.07, 6.45) is 6.80. The fraction of sp³-hybridized carbons (Fsp3) is 0.429. The number of hydrogen-bond donors (Lipinski definition) is 2. The van der Waals surface area contributed by atoms with Crippen LogP contribution in [-0.4, -0.2) is 41.4 Å². The molecule has 4 rings (SSSR count). The summed E-state index contributed by atoms with van der Waals surface area (Å²) in [5.74, 6) is 1.11. The SMILES string of the molecule is CC(=O)Nc1ccc(Nc2ncc3c(n2)N(C2CCCC2)CCC(=O)N3C)cc1Cl. The van der Waals surface area contributed by atoms with Crippen LogP contribution in [0.2, 0.25) is 5.02 Å². The molecule has 9 heteroatoms. The number of amides is 2. The number of rotatable bonds is 4. The van der Waals surface area contributed by atoms with Gasteiger partial charge >= 0.3 is 0 Å². The van der Waals surface area contributed by atoms with Gasteiger partial charge in [-0.05, 0) is 31.0 Å². The molecule has 1 aromatic heterocycles. The topological polar surface area (TPSA) is 90.5 Å². The number of anilines is 5. The van der Waals surface area contributed by atoms with E-state index in [0.29, 0.717) is 41.4 Å². The van der Waals surface area contributed by atoms with Gasteiger partial charge in [0.25, 0.3) is 0 Å². The first-order valence-electron chi connectivity index (χ1n) is 10.2. The van der Waals surface area contributed by atoms with Gasteiger partial charge in [-0.1, -0.05) is 24.4 Å². The van der Waals surface area contributed by atoms with Gasteiger partial charge in [0.15, 0.2) is 5.82 Å². The molecular weight excluding hydrogens is 404 g/mol. The van der Waals surface area contributed by atoms with Crippen LogP contribution in [0.25, 0.3) is 0 Å². The molecule has 2 N–H and O–H groups in total. The van der Waals surface area contributed by atoms with Crippen LogP contribution in [0.15, 0.2) is 24.4 Å². The Morgan fingerprint density at radius 2 is 2.03 bits per heavy atom. The molecule has 2 heterocycles. The quantitative estimate of drug-likeness (QED) is 0.766. The van der Waals surface area contributed by atoms with Crippen molar-refractivity contribution >= 4 is 52.2 Å². The molecule has 0 bridgehead atoms. The highest BCUT2D eigenvalue weighted by molar-refractivity contribution is 6.34. The fourth-order valence-electron chi connectivity index (χ4n) is 4.08. The minimum absolute atomic E-state index is 0.0707. The minimum atomic E-state index is -0.183. The van der Waals surface area contributed by atoms with Crippen molar-refractivity contribution in [3.05, 3.63) is 29.4 Å². The molecule has 2 amide bonds. The molecule has 0 saturated heterocycles. The highest BCUT2D eigenvalue weighted by Gasteiger charge is 2.31. The molecule has 2 aromatic rings. The molecule has 0 spiro atoms. The molecule has 158 valence electrons. The van der Waals surface area contributed by atoms with E-state index in [9.17, 15) is 9.59 Å². The molecule has 1 saturated carbocycles. The highest BCUT2D eigenvalue weighted by Crippen LogP contribution is 2.36. The van der Waals surface area contributed by atoms with E-state index in [4.69, 9.17) is 16.6 Å². The second kappa shape index (κ2) is 8.47. The Morgan fingerprint density at radius 1 is 1.27 bits per heavy atom. The molecule has 1 fully saturated rings. The van der Waals surface area contributed by atoms with Gasteiger partial charge in [0.05, 0.1) is 16.9 Å². The summed E-state index contributed by atoms with van der Waals surface area (Å²) in [5, 5.41) is 6.29. The number of benzene rings is 1. The summed E-state index contributed by atoms with van der Waals surface area (Å²) in [4.78, 5) is 36.8. The number of carbonyl (C=O) groups is 2. The first-order chi connectivity index (χ1) is 14.4. The lowest BCUT2D eigenvalue weighted by Gasteiger charge is -2.30. The van der Waals surface area contributed by atoms with Gasteiger partial charge in [0.1, 0.15) is 5.69 Å². The Bertz CT molecular complexity index is 976. The van der Waals surface area contributed by atoms with Crippen molar-refractivity contribution in [2.24, 2.45) is 0 Å². The minimum Gasteiger partial charge on any atom is -0.351 e. The third-order valence-electron chi connectivity index (χ3n) is 5.63. The maximum atomic E-state index is 12.4. The summed E-state index contributed by atoms with van der Waals surface area (Å²) >= 11 is 6.27. The number of halogens is 1. The van der Waals surface area contributed by atoms with Crippen LogP contribution in [0, 0.1) is 0 Å². The molecule has 0 atom stereocenters. The van der Waals surface area contributed by atoms with Crippen molar-refractivity contribution in [1.29, 1.82) is 0 Å². The second-order valence-corrected chi connectivity index (χ2v) is 8.14. The Morgan fingerprint density at radius 3 is 2.73 bits per heavy atom. The van der Waals surface area contributed by atoms with Crippen LogP contribution >= 0.6 is 11.6 Å². The smallest absolute Gasteiger partial charge is 0.229 e. The van der Waals surface area contributed by atoms with Crippen LogP contribution < -0.4 is 20.4 Å². The van der Waals surface area contributed by atoms with Crippen molar-refractivity contribution in [2.45, 2.75) is 45.1 Å². The normalized spacial score (nSPS) is 17.0. The third-order valence-corrected chi connectivity index (χ3v) is 5.94. The summed E-state index contributed by atoms with van der Waals surface area (Å²) in [7, 11) is 1.77. The van der Waals surface area contributed by atoms with E-state index < -0.39 is 0 Å². The molecular formula is C21H25ClN6O2. The highest BCUT2D eigenvalue weighted by atomic mass is 35.5. The number of nitrogens with zero attached hydrogens (tertiary/aromatic N) is 4. The summed E-state index contributed by atoms with van der Waals surface area (Å²) in [5.41, 5.74) is 1.98. The monoisotopic (exact) mass is 428 g/mol. The molecule has 0 unspecified atom stereocenters. The zero-order valence-corrected chi connectivity index (χ0v) is 17.9. The lowest BCUT2D eigenvalue weighted by atomic mass is 10.2. The van der Waals surface area contributed by atoms with E-state index in [1.54, 1.807) is 36.3 Å². The Labute approximate surface area is 180 Å². The van der Waals surface area contributed by atoms with Crippen molar-refractivity contribution in [2.75, 3.05) is 34.0 Å². The Balaban J connectivity index is 1.63. The van der Waals surface area contributed by atoms with Crippen LogP contribution in [0.1, 0.15) is 39.0 Å². The van der Waals surface area contributed by atoms with Gasteiger partial charge in [-0.25, -0.2) is 4.98 Å².